The normalized spacial score (nSPS) is 38.9. The van der Waals surface area contributed by atoms with Crippen LogP contribution in [0.1, 0.15) is 80.6 Å². The summed E-state index contributed by atoms with van der Waals surface area (Å²) in [6, 6.07) is 0. The zero-order chi connectivity index (χ0) is 34.9. The van der Waals surface area contributed by atoms with Gasteiger partial charge < -0.3 is 48.1 Å². The second-order valence-electron chi connectivity index (χ2n) is 13.2. The van der Waals surface area contributed by atoms with E-state index in [1.807, 2.05) is 27.7 Å². The first-order valence-corrected chi connectivity index (χ1v) is 18.0. The summed E-state index contributed by atoms with van der Waals surface area (Å²) in [7, 11) is 0. The number of carbonyl (C=O) groups is 2. The van der Waals surface area contributed by atoms with E-state index >= 15 is 0 Å². The van der Waals surface area contributed by atoms with Crippen molar-refractivity contribution in [1.29, 1.82) is 0 Å². The highest BCUT2D eigenvalue weighted by Gasteiger charge is 2.56. The van der Waals surface area contributed by atoms with Crippen molar-refractivity contribution < 1.29 is 57.7 Å². The van der Waals surface area contributed by atoms with Crippen molar-refractivity contribution >= 4 is 35.1 Å². The van der Waals surface area contributed by atoms with Gasteiger partial charge in [0, 0.05) is 55.4 Å². The number of alkyl halides is 2. The Hall–Kier alpha value is -0.800. The predicted octanol–water partition coefficient (Wildman–Crippen LogP) is 4.16. The van der Waals surface area contributed by atoms with Crippen LogP contribution in [0.25, 0.3) is 0 Å². The van der Waals surface area contributed by atoms with Crippen molar-refractivity contribution in [3.05, 3.63) is 0 Å². The van der Waals surface area contributed by atoms with Crippen molar-refractivity contribution in [3.63, 3.8) is 0 Å². The summed E-state index contributed by atoms with van der Waals surface area (Å²) in [6.07, 6.45) is -3.73. The van der Waals surface area contributed by atoms with Gasteiger partial charge in [0.05, 0.1) is 36.9 Å². The molecule has 0 aromatic rings. The van der Waals surface area contributed by atoms with Crippen molar-refractivity contribution in [2.45, 2.75) is 141 Å². The van der Waals surface area contributed by atoms with Crippen molar-refractivity contribution in [2.24, 2.45) is 23.7 Å². The molecule has 0 aromatic heterocycles. The Kier molecular flexibility index (Phi) is 16.4. The van der Waals surface area contributed by atoms with Gasteiger partial charge in [-0.05, 0) is 26.7 Å². The molecule has 2 N–H and O–H groups in total. The molecular formula is C33H56Cl2O12. The van der Waals surface area contributed by atoms with Gasteiger partial charge in [-0.15, -0.1) is 23.2 Å². The Balaban J connectivity index is 1.40. The van der Waals surface area contributed by atoms with Crippen LogP contribution in [0.5, 0.6) is 0 Å². The maximum absolute atomic E-state index is 12.5. The van der Waals surface area contributed by atoms with E-state index in [4.69, 9.17) is 61.1 Å². The van der Waals surface area contributed by atoms with Gasteiger partial charge in [0.15, 0.2) is 18.4 Å². The molecule has 12 nitrogen and oxygen atoms in total. The molecule has 0 radical (unpaired) electrons. The van der Waals surface area contributed by atoms with Crippen LogP contribution in [0.3, 0.4) is 0 Å². The van der Waals surface area contributed by atoms with Crippen LogP contribution in [-0.2, 0) is 47.5 Å². The van der Waals surface area contributed by atoms with Crippen LogP contribution >= 0.6 is 23.2 Å². The van der Waals surface area contributed by atoms with Gasteiger partial charge in [-0.3, -0.25) is 9.59 Å². The zero-order valence-corrected chi connectivity index (χ0v) is 30.3. The van der Waals surface area contributed by atoms with Crippen molar-refractivity contribution in [1.82, 2.24) is 0 Å². The van der Waals surface area contributed by atoms with E-state index in [1.165, 1.54) is 0 Å². The molecule has 3 saturated heterocycles. The molecule has 0 aliphatic carbocycles. The number of esters is 2. The lowest BCUT2D eigenvalue weighted by Gasteiger charge is -2.44. The molecule has 0 aromatic carbocycles. The number of rotatable bonds is 17. The Morgan fingerprint density at radius 2 is 1.64 bits per heavy atom. The minimum absolute atomic E-state index is 0.0809. The number of hydrogen-bond donors (Lipinski definition) is 2. The first-order chi connectivity index (χ1) is 22.3. The molecule has 3 heterocycles. The van der Waals surface area contributed by atoms with E-state index in [-0.39, 0.29) is 74.2 Å². The van der Waals surface area contributed by atoms with E-state index in [0.717, 1.165) is 0 Å². The van der Waals surface area contributed by atoms with Crippen LogP contribution in [-0.4, -0.2) is 115 Å². The topological polar surface area (TPSA) is 148 Å². The quantitative estimate of drug-likeness (QED) is 0.127. The fourth-order valence-electron chi connectivity index (χ4n) is 6.34. The van der Waals surface area contributed by atoms with Crippen LogP contribution in [0, 0.1) is 23.7 Å². The summed E-state index contributed by atoms with van der Waals surface area (Å²) in [5.74, 6) is -2.74. The minimum atomic E-state index is -1.41. The highest BCUT2D eigenvalue weighted by atomic mass is 35.5. The molecule has 5 unspecified atom stereocenters. The van der Waals surface area contributed by atoms with E-state index in [2.05, 4.69) is 6.92 Å². The maximum Gasteiger partial charge on any atom is 0.305 e. The van der Waals surface area contributed by atoms with E-state index in [9.17, 15) is 19.8 Å². The van der Waals surface area contributed by atoms with Crippen molar-refractivity contribution in [3.8, 4) is 0 Å². The second-order valence-corrected chi connectivity index (χ2v) is 14.0. The van der Waals surface area contributed by atoms with Gasteiger partial charge in [0.1, 0.15) is 24.9 Å². The summed E-state index contributed by atoms with van der Waals surface area (Å²) >= 11 is 12.6. The first kappa shape index (κ1) is 40.6. The summed E-state index contributed by atoms with van der Waals surface area (Å²) in [5.41, 5.74) is 0. The molecule has 3 aliphatic rings. The number of unbranched alkanes of at least 4 members (excludes halogenated alkanes) is 1. The largest absolute Gasteiger partial charge is 0.465 e. The minimum Gasteiger partial charge on any atom is -0.465 e. The van der Waals surface area contributed by atoms with Crippen LogP contribution in [0.15, 0.2) is 0 Å². The third-order valence-corrected chi connectivity index (χ3v) is 10.5. The second kappa shape index (κ2) is 19.0. The van der Waals surface area contributed by atoms with Crippen molar-refractivity contribution in [2.75, 3.05) is 32.3 Å². The third-order valence-electron chi connectivity index (χ3n) is 9.51. The molecule has 0 spiro atoms. The number of hydrogen-bond acceptors (Lipinski definition) is 12. The highest BCUT2D eigenvalue weighted by Crippen LogP contribution is 2.42. The lowest BCUT2D eigenvalue weighted by molar-refractivity contribution is -0.362. The van der Waals surface area contributed by atoms with E-state index < -0.39 is 53.8 Å². The summed E-state index contributed by atoms with van der Waals surface area (Å²) in [6.45, 7) is 14.3. The Morgan fingerprint density at radius 1 is 0.979 bits per heavy atom. The molecule has 3 fully saturated rings. The smallest absolute Gasteiger partial charge is 0.305 e. The molecule has 14 heteroatoms. The average molecular weight is 716 g/mol. The Bertz CT molecular complexity index is 976. The highest BCUT2D eigenvalue weighted by molar-refractivity contribution is 6.21. The van der Waals surface area contributed by atoms with Gasteiger partial charge in [-0.1, -0.05) is 34.6 Å². The SMILES string of the molecule is CCOC(C1O[C@H](C)OC[C@@H]1C)[C@@H](C)COC(=O)CCCCC(=O)OCC1O[C@H](O[C@]2(CC)O[C@H](CCl)C(C)[C@H]2O)C(O)[C@@H](C)[C@H]1Cl. The van der Waals surface area contributed by atoms with Gasteiger partial charge >= 0.3 is 11.9 Å². The van der Waals surface area contributed by atoms with Crippen LogP contribution in [0.4, 0.5) is 0 Å². The zero-order valence-electron chi connectivity index (χ0n) is 28.8. The number of halogens is 2. The van der Waals surface area contributed by atoms with Crippen LogP contribution in [0.2, 0.25) is 0 Å². The Morgan fingerprint density at radius 3 is 2.23 bits per heavy atom. The third kappa shape index (κ3) is 10.6. The van der Waals surface area contributed by atoms with Gasteiger partial charge in [-0.25, -0.2) is 0 Å². The summed E-state index contributed by atoms with van der Waals surface area (Å²) < 4.78 is 46.6. The number of aliphatic hydroxyl groups is 2. The fraction of sp³-hybridized carbons (Fsp3) is 0.939. The summed E-state index contributed by atoms with van der Waals surface area (Å²) in [4.78, 5) is 25.0. The molecule has 0 amide bonds. The molecule has 14 atom stereocenters. The maximum atomic E-state index is 12.5. The molecular weight excluding hydrogens is 659 g/mol. The lowest BCUT2D eigenvalue weighted by atomic mass is 9.91. The van der Waals surface area contributed by atoms with Gasteiger partial charge in [-0.2, -0.15) is 0 Å². The molecule has 3 aliphatic heterocycles. The fourth-order valence-corrected chi connectivity index (χ4v) is 6.97. The molecule has 3 rings (SSSR count). The Labute approximate surface area is 289 Å². The van der Waals surface area contributed by atoms with Gasteiger partial charge in [0.25, 0.3) is 0 Å². The summed E-state index contributed by atoms with van der Waals surface area (Å²) in [5, 5.41) is 21.1. The molecule has 0 bridgehead atoms. The molecule has 47 heavy (non-hydrogen) atoms. The number of carbonyl (C=O) groups excluding carboxylic acids is 2. The molecule has 0 saturated carbocycles. The lowest BCUT2D eigenvalue weighted by Crippen LogP contribution is -2.57. The molecule has 274 valence electrons. The number of ether oxygens (including phenoxy) is 8. The average Bonchev–Trinajstić information content (AvgIpc) is 3.30. The van der Waals surface area contributed by atoms with E-state index in [1.54, 1.807) is 13.8 Å². The van der Waals surface area contributed by atoms with Crippen LogP contribution < -0.4 is 0 Å². The van der Waals surface area contributed by atoms with Gasteiger partial charge in [0.2, 0.25) is 0 Å². The predicted molar refractivity (Wildman–Crippen MR) is 173 cm³/mol. The standard InChI is InChI=1S/C33H56Cl2O12/c1-8-33(31(39)20(5)23(14-34)46-33)47-32-28(38)21(6)27(35)24(45-32)17-43-26(37)13-11-10-12-25(36)42-16-18(3)29(40-9-2)30-19(4)15-41-22(7)44-30/h18-24,27-32,38-39H,8-17H2,1-7H3/t18-,19-,20?,21-,22+,23+,24?,27+,28?,29?,30?,31+,32+,33-/m0/s1. The van der Waals surface area contributed by atoms with E-state index in [0.29, 0.717) is 32.5 Å². The first-order valence-electron chi connectivity index (χ1n) is 17.1. The monoisotopic (exact) mass is 714 g/mol. The number of aliphatic hydroxyl groups excluding tert-OH is 2.